The van der Waals surface area contributed by atoms with Gasteiger partial charge in [-0.25, -0.2) is 5.43 Å². The van der Waals surface area contributed by atoms with Gasteiger partial charge in [0.25, 0.3) is 5.91 Å². The van der Waals surface area contributed by atoms with E-state index < -0.39 is 0 Å². The number of benzene rings is 1. The lowest BCUT2D eigenvalue weighted by Crippen LogP contribution is -2.26. The van der Waals surface area contributed by atoms with Crippen molar-refractivity contribution in [1.82, 2.24) is 5.43 Å². The molecule has 1 aliphatic rings. The van der Waals surface area contributed by atoms with Gasteiger partial charge in [-0.15, -0.1) is 0 Å². The zero-order valence-electron chi connectivity index (χ0n) is 13.1. The molecule has 1 aliphatic carbocycles. The Kier molecular flexibility index (Phi) is 5.37. The van der Waals surface area contributed by atoms with Crippen LogP contribution < -0.4 is 10.2 Å². The zero-order valence-corrected chi connectivity index (χ0v) is 13.1. The van der Waals surface area contributed by atoms with Gasteiger partial charge in [0.15, 0.2) is 6.61 Å². The van der Waals surface area contributed by atoms with Gasteiger partial charge in [0, 0.05) is 5.71 Å². The minimum absolute atomic E-state index is 0.00212. The topological polar surface area (TPSA) is 50.7 Å². The Bertz CT molecular complexity index is 538. The highest BCUT2D eigenvalue weighted by Gasteiger charge is 2.20. The summed E-state index contributed by atoms with van der Waals surface area (Å²) in [5.41, 5.74) is 5.89. The number of nitrogens with one attached hydrogen (secondary N) is 1. The summed E-state index contributed by atoms with van der Waals surface area (Å²) in [6.45, 7) is 6.13. The molecule has 0 saturated heterocycles. The lowest BCUT2D eigenvalue weighted by atomic mass is 10.0. The van der Waals surface area contributed by atoms with Crippen molar-refractivity contribution >= 4 is 11.6 Å². The first-order chi connectivity index (χ1) is 10.1. The summed E-state index contributed by atoms with van der Waals surface area (Å²) in [6, 6.07) is 5.96. The second-order valence-corrected chi connectivity index (χ2v) is 5.69. The summed E-state index contributed by atoms with van der Waals surface area (Å²) in [6.07, 6.45) is 4.45. The van der Waals surface area contributed by atoms with Gasteiger partial charge in [0.1, 0.15) is 5.75 Å². The number of carbonyl (C=O) groups is 1. The molecule has 1 aromatic rings. The van der Waals surface area contributed by atoms with Gasteiger partial charge in [-0.1, -0.05) is 19.1 Å². The number of ether oxygens (including phenoxy) is 1. The van der Waals surface area contributed by atoms with Crippen molar-refractivity contribution < 1.29 is 9.53 Å². The molecular weight excluding hydrogens is 264 g/mol. The maximum atomic E-state index is 11.8. The van der Waals surface area contributed by atoms with Gasteiger partial charge in [0.05, 0.1) is 0 Å². The molecule has 0 bridgehead atoms. The van der Waals surface area contributed by atoms with E-state index in [0.29, 0.717) is 5.92 Å². The predicted molar refractivity (Wildman–Crippen MR) is 84.6 cm³/mol. The molecule has 1 N–H and O–H groups in total. The molecule has 1 saturated carbocycles. The monoisotopic (exact) mass is 288 g/mol. The van der Waals surface area contributed by atoms with Crippen molar-refractivity contribution in [1.29, 1.82) is 0 Å². The van der Waals surface area contributed by atoms with Gasteiger partial charge in [0.2, 0.25) is 0 Å². The van der Waals surface area contributed by atoms with Crippen molar-refractivity contribution in [2.75, 3.05) is 6.61 Å². The number of amides is 1. The second kappa shape index (κ2) is 7.25. The Hall–Kier alpha value is -1.84. The van der Waals surface area contributed by atoms with Crippen LogP contribution in [0, 0.1) is 19.8 Å². The summed E-state index contributed by atoms with van der Waals surface area (Å²) >= 11 is 0. The SMILES string of the molecule is CCC1CCCC1=NNC(=O)COc1cc(C)ccc1C. The van der Waals surface area contributed by atoms with Gasteiger partial charge in [-0.05, 0) is 62.6 Å². The van der Waals surface area contributed by atoms with E-state index in [1.807, 2.05) is 32.0 Å². The van der Waals surface area contributed by atoms with Gasteiger partial charge < -0.3 is 4.74 Å². The summed E-state index contributed by atoms with van der Waals surface area (Å²) in [5, 5.41) is 4.26. The number of aryl methyl sites for hydroxylation is 2. The van der Waals surface area contributed by atoms with Crippen LogP contribution in [0.15, 0.2) is 23.3 Å². The first kappa shape index (κ1) is 15.5. The predicted octanol–water partition coefficient (Wildman–Crippen LogP) is 3.36. The number of hydrazone groups is 1. The highest BCUT2D eigenvalue weighted by Crippen LogP contribution is 2.24. The third kappa shape index (κ3) is 4.31. The molecule has 1 atom stereocenters. The van der Waals surface area contributed by atoms with Crippen LogP contribution in [-0.4, -0.2) is 18.2 Å². The molecule has 0 aromatic heterocycles. The van der Waals surface area contributed by atoms with Crippen molar-refractivity contribution in [3.63, 3.8) is 0 Å². The van der Waals surface area contributed by atoms with Crippen molar-refractivity contribution in [3.05, 3.63) is 29.3 Å². The fraction of sp³-hybridized carbons (Fsp3) is 0.529. The van der Waals surface area contributed by atoms with Crippen LogP contribution in [0.5, 0.6) is 5.75 Å². The van der Waals surface area contributed by atoms with Crippen molar-refractivity contribution in [3.8, 4) is 5.75 Å². The lowest BCUT2D eigenvalue weighted by molar-refractivity contribution is -0.123. The van der Waals surface area contributed by atoms with Crippen molar-refractivity contribution in [2.45, 2.75) is 46.5 Å². The molecule has 0 aliphatic heterocycles. The molecule has 1 unspecified atom stereocenters. The second-order valence-electron chi connectivity index (χ2n) is 5.69. The fourth-order valence-electron chi connectivity index (χ4n) is 2.66. The molecule has 21 heavy (non-hydrogen) atoms. The standard InChI is InChI=1S/C17H24N2O2/c1-4-14-6-5-7-15(14)18-19-17(20)11-21-16-10-12(2)8-9-13(16)3/h8-10,14H,4-7,11H2,1-3H3,(H,19,20). The van der Waals surface area contributed by atoms with Gasteiger partial charge >= 0.3 is 0 Å². The number of nitrogens with zero attached hydrogens (tertiary/aromatic N) is 1. The quantitative estimate of drug-likeness (QED) is 0.845. The van der Waals surface area contributed by atoms with Crippen LogP contribution in [-0.2, 0) is 4.79 Å². The third-order valence-corrected chi connectivity index (χ3v) is 3.98. The molecule has 1 aromatic carbocycles. The van der Waals surface area contributed by atoms with E-state index >= 15 is 0 Å². The Morgan fingerprint density at radius 2 is 2.24 bits per heavy atom. The van der Waals surface area contributed by atoms with Crippen LogP contribution >= 0.6 is 0 Å². The minimum Gasteiger partial charge on any atom is -0.483 e. The molecule has 0 radical (unpaired) electrons. The molecule has 1 fully saturated rings. The zero-order chi connectivity index (χ0) is 15.2. The first-order valence-electron chi connectivity index (χ1n) is 7.65. The molecule has 4 nitrogen and oxygen atoms in total. The van der Waals surface area contributed by atoms with Gasteiger partial charge in [-0.3, -0.25) is 4.79 Å². The van der Waals surface area contributed by atoms with E-state index in [1.165, 1.54) is 12.8 Å². The van der Waals surface area contributed by atoms with E-state index in [0.717, 1.165) is 35.4 Å². The number of hydrogen-bond acceptors (Lipinski definition) is 3. The van der Waals surface area contributed by atoms with E-state index in [2.05, 4.69) is 17.5 Å². The molecule has 2 rings (SSSR count). The summed E-state index contributed by atoms with van der Waals surface area (Å²) < 4.78 is 5.57. The molecule has 114 valence electrons. The van der Waals surface area contributed by atoms with Gasteiger partial charge in [-0.2, -0.15) is 5.10 Å². The number of rotatable bonds is 5. The lowest BCUT2D eigenvalue weighted by Gasteiger charge is -2.10. The average Bonchev–Trinajstić information content (AvgIpc) is 2.93. The fourth-order valence-corrected chi connectivity index (χ4v) is 2.66. The van der Waals surface area contributed by atoms with Crippen LogP contribution in [0.25, 0.3) is 0 Å². The Balaban J connectivity index is 1.85. The first-order valence-corrected chi connectivity index (χ1v) is 7.65. The molecule has 0 heterocycles. The maximum Gasteiger partial charge on any atom is 0.277 e. The van der Waals surface area contributed by atoms with Crippen LogP contribution in [0.3, 0.4) is 0 Å². The van der Waals surface area contributed by atoms with E-state index in [1.54, 1.807) is 0 Å². The van der Waals surface area contributed by atoms with E-state index in [9.17, 15) is 4.79 Å². The third-order valence-electron chi connectivity index (χ3n) is 3.98. The maximum absolute atomic E-state index is 11.8. The summed E-state index contributed by atoms with van der Waals surface area (Å²) in [7, 11) is 0. The molecule has 0 spiro atoms. The molecular formula is C17H24N2O2. The Labute approximate surface area is 126 Å². The Morgan fingerprint density at radius 3 is 3.00 bits per heavy atom. The number of hydrogen-bond donors (Lipinski definition) is 1. The highest BCUT2D eigenvalue weighted by atomic mass is 16.5. The van der Waals surface area contributed by atoms with Crippen LogP contribution in [0.2, 0.25) is 0 Å². The largest absolute Gasteiger partial charge is 0.483 e. The Morgan fingerprint density at radius 1 is 1.43 bits per heavy atom. The van der Waals surface area contributed by atoms with E-state index in [-0.39, 0.29) is 12.5 Å². The van der Waals surface area contributed by atoms with Crippen LogP contribution in [0.4, 0.5) is 0 Å². The van der Waals surface area contributed by atoms with Crippen molar-refractivity contribution in [2.24, 2.45) is 11.0 Å². The van der Waals surface area contributed by atoms with E-state index in [4.69, 9.17) is 4.74 Å². The molecule has 4 heteroatoms. The number of carbonyl (C=O) groups excluding carboxylic acids is 1. The highest BCUT2D eigenvalue weighted by molar-refractivity contribution is 5.89. The molecule has 1 amide bonds. The minimum atomic E-state index is -0.204. The van der Waals surface area contributed by atoms with Crippen LogP contribution in [0.1, 0.15) is 43.7 Å². The smallest absolute Gasteiger partial charge is 0.277 e. The normalized spacial score (nSPS) is 19.8. The average molecular weight is 288 g/mol. The summed E-state index contributed by atoms with van der Waals surface area (Å²) in [4.78, 5) is 11.8. The summed E-state index contributed by atoms with van der Waals surface area (Å²) in [5.74, 6) is 1.08.